The highest BCUT2D eigenvalue weighted by Gasteiger charge is 2.26. The fraction of sp³-hybridized carbons (Fsp3) is 0.478. The normalized spacial score (nSPS) is 15.0. The fourth-order valence-electron chi connectivity index (χ4n) is 3.48. The molecule has 1 atom stereocenters. The first kappa shape index (κ1) is 25.2. The highest BCUT2D eigenvalue weighted by Crippen LogP contribution is 2.20. The van der Waals surface area contributed by atoms with E-state index in [0.29, 0.717) is 43.4 Å². The van der Waals surface area contributed by atoms with E-state index in [-0.39, 0.29) is 19.1 Å². The molecule has 2 aromatic rings. The van der Waals surface area contributed by atoms with Gasteiger partial charge in [-0.05, 0) is 33.3 Å². The number of carbonyl (C=O) groups is 2. The molecule has 1 fully saturated rings. The van der Waals surface area contributed by atoms with Gasteiger partial charge in [0.05, 0.1) is 24.1 Å². The SMILES string of the molecule is CC(C)(C)OC(=O)N1CCN(c2ncc(NC(=O)NC(CCO)c3ccccc3F)cn2)CC1. The molecule has 184 valence electrons. The van der Waals surface area contributed by atoms with Crippen LogP contribution in [0, 0.1) is 5.82 Å². The van der Waals surface area contributed by atoms with E-state index in [4.69, 9.17) is 4.74 Å². The van der Waals surface area contributed by atoms with Crippen molar-refractivity contribution < 1.29 is 23.8 Å². The Kier molecular flexibility index (Phi) is 8.21. The molecule has 0 aliphatic carbocycles. The van der Waals surface area contributed by atoms with Crippen molar-refractivity contribution in [3.63, 3.8) is 0 Å². The summed E-state index contributed by atoms with van der Waals surface area (Å²) < 4.78 is 19.5. The number of hydrogen-bond acceptors (Lipinski definition) is 7. The molecule has 2 heterocycles. The standard InChI is InChI=1S/C23H31FN6O4/c1-23(2,3)34-22(33)30-11-9-29(10-12-30)20-25-14-16(15-26-20)27-21(32)28-19(8-13-31)17-6-4-5-7-18(17)24/h4-7,14-15,19,31H,8-13H2,1-3H3,(H2,27,28,32). The predicted molar refractivity (Wildman–Crippen MR) is 125 cm³/mol. The molecule has 11 heteroatoms. The number of aliphatic hydroxyl groups is 1. The van der Waals surface area contributed by atoms with Crippen molar-refractivity contribution >= 4 is 23.8 Å². The van der Waals surface area contributed by atoms with E-state index < -0.39 is 23.5 Å². The maximum atomic E-state index is 14.1. The molecule has 1 aromatic carbocycles. The maximum absolute atomic E-state index is 14.1. The summed E-state index contributed by atoms with van der Waals surface area (Å²) in [7, 11) is 0. The van der Waals surface area contributed by atoms with E-state index in [1.54, 1.807) is 23.1 Å². The number of aromatic nitrogens is 2. The van der Waals surface area contributed by atoms with Gasteiger partial charge in [-0.15, -0.1) is 0 Å². The van der Waals surface area contributed by atoms with Gasteiger partial charge in [-0.2, -0.15) is 0 Å². The van der Waals surface area contributed by atoms with Gasteiger partial charge in [-0.1, -0.05) is 18.2 Å². The Hall–Kier alpha value is -3.47. The van der Waals surface area contributed by atoms with Crippen molar-refractivity contribution in [1.82, 2.24) is 20.2 Å². The van der Waals surface area contributed by atoms with Crippen molar-refractivity contribution in [3.05, 3.63) is 48.0 Å². The Bertz CT molecular complexity index is 974. The molecule has 10 nitrogen and oxygen atoms in total. The number of ether oxygens (including phenoxy) is 1. The molecule has 3 amide bonds. The highest BCUT2D eigenvalue weighted by atomic mass is 19.1. The summed E-state index contributed by atoms with van der Waals surface area (Å²) in [5, 5.41) is 14.6. The average Bonchev–Trinajstić information content (AvgIpc) is 2.79. The van der Waals surface area contributed by atoms with Crippen LogP contribution in [0.5, 0.6) is 0 Å². The van der Waals surface area contributed by atoms with E-state index in [1.165, 1.54) is 18.5 Å². The van der Waals surface area contributed by atoms with Gasteiger partial charge in [0, 0.05) is 38.3 Å². The molecular weight excluding hydrogens is 443 g/mol. The van der Waals surface area contributed by atoms with E-state index in [1.807, 2.05) is 25.7 Å². The van der Waals surface area contributed by atoms with Gasteiger partial charge < -0.3 is 30.3 Å². The molecule has 0 saturated carbocycles. The molecule has 3 rings (SSSR count). The zero-order valence-corrected chi connectivity index (χ0v) is 19.6. The summed E-state index contributed by atoms with van der Waals surface area (Å²) in [5.41, 5.74) is 0.119. The van der Waals surface area contributed by atoms with Crippen molar-refractivity contribution in [2.75, 3.05) is 43.0 Å². The van der Waals surface area contributed by atoms with Gasteiger partial charge >= 0.3 is 12.1 Å². The second kappa shape index (κ2) is 11.1. The number of nitrogens with one attached hydrogen (secondary N) is 2. The number of benzene rings is 1. The van der Waals surface area contributed by atoms with E-state index in [2.05, 4.69) is 20.6 Å². The van der Waals surface area contributed by atoms with Crippen LogP contribution >= 0.6 is 0 Å². The number of carbonyl (C=O) groups excluding carboxylic acids is 2. The average molecular weight is 475 g/mol. The van der Waals surface area contributed by atoms with Crippen molar-refractivity contribution in [2.45, 2.75) is 38.8 Å². The van der Waals surface area contributed by atoms with Crippen molar-refractivity contribution in [3.8, 4) is 0 Å². The first-order chi connectivity index (χ1) is 16.2. The number of urea groups is 1. The Labute approximate surface area is 198 Å². The zero-order valence-electron chi connectivity index (χ0n) is 19.6. The molecule has 1 saturated heterocycles. The number of amides is 3. The van der Waals surface area contributed by atoms with Gasteiger partial charge in [-0.3, -0.25) is 0 Å². The van der Waals surface area contributed by atoms with E-state index in [0.717, 1.165) is 0 Å². The number of halogens is 1. The lowest BCUT2D eigenvalue weighted by Crippen LogP contribution is -2.50. The maximum Gasteiger partial charge on any atom is 0.410 e. The summed E-state index contributed by atoms with van der Waals surface area (Å²) in [6.45, 7) is 7.37. The van der Waals surface area contributed by atoms with Crippen LogP contribution in [-0.2, 0) is 4.74 Å². The minimum Gasteiger partial charge on any atom is -0.444 e. The second-order valence-corrected chi connectivity index (χ2v) is 8.91. The summed E-state index contributed by atoms with van der Waals surface area (Å²) in [6, 6.07) is 4.85. The van der Waals surface area contributed by atoms with Crippen LogP contribution in [0.3, 0.4) is 0 Å². The predicted octanol–water partition coefficient (Wildman–Crippen LogP) is 2.92. The molecule has 0 bridgehead atoms. The number of rotatable bonds is 6. The molecule has 0 spiro atoms. The van der Waals surface area contributed by atoms with Crippen molar-refractivity contribution in [1.29, 1.82) is 0 Å². The number of hydrogen-bond donors (Lipinski definition) is 3. The number of anilines is 2. The molecule has 3 N–H and O–H groups in total. The van der Waals surface area contributed by atoms with E-state index in [9.17, 15) is 19.1 Å². The first-order valence-corrected chi connectivity index (χ1v) is 11.1. The smallest absolute Gasteiger partial charge is 0.410 e. The lowest BCUT2D eigenvalue weighted by Gasteiger charge is -2.35. The Morgan fingerprint density at radius 2 is 1.79 bits per heavy atom. The minimum absolute atomic E-state index is 0.166. The molecule has 0 radical (unpaired) electrons. The topological polar surface area (TPSA) is 120 Å². The van der Waals surface area contributed by atoms with Crippen LogP contribution in [-0.4, -0.2) is 70.5 Å². The highest BCUT2D eigenvalue weighted by molar-refractivity contribution is 5.89. The third-order valence-corrected chi connectivity index (χ3v) is 5.11. The zero-order chi connectivity index (χ0) is 24.7. The van der Waals surface area contributed by atoms with Crippen LogP contribution in [0.4, 0.5) is 25.6 Å². The lowest BCUT2D eigenvalue weighted by molar-refractivity contribution is 0.0240. The third-order valence-electron chi connectivity index (χ3n) is 5.11. The largest absolute Gasteiger partial charge is 0.444 e. The quantitative estimate of drug-likeness (QED) is 0.589. The lowest BCUT2D eigenvalue weighted by atomic mass is 10.0. The summed E-state index contributed by atoms with van der Waals surface area (Å²) in [5.74, 6) is 0.0278. The van der Waals surface area contributed by atoms with Gasteiger partial charge in [-0.25, -0.2) is 23.9 Å². The summed E-state index contributed by atoms with van der Waals surface area (Å²) in [4.78, 5) is 36.8. The molecule has 1 aromatic heterocycles. The number of nitrogens with zero attached hydrogens (tertiary/aromatic N) is 4. The second-order valence-electron chi connectivity index (χ2n) is 8.91. The Morgan fingerprint density at radius 3 is 2.38 bits per heavy atom. The third kappa shape index (κ3) is 7.01. The summed E-state index contributed by atoms with van der Waals surface area (Å²) >= 11 is 0. The number of aliphatic hydroxyl groups excluding tert-OH is 1. The van der Waals surface area contributed by atoms with Crippen LogP contribution in [0.1, 0.15) is 38.8 Å². The molecule has 34 heavy (non-hydrogen) atoms. The van der Waals surface area contributed by atoms with Gasteiger partial charge in [0.1, 0.15) is 11.4 Å². The number of piperazine rings is 1. The van der Waals surface area contributed by atoms with Crippen LogP contribution in [0.15, 0.2) is 36.7 Å². The molecular formula is C23H31FN6O4. The van der Waals surface area contributed by atoms with Crippen LogP contribution < -0.4 is 15.5 Å². The van der Waals surface area contributed by atoms with Crippen LogP contribution in [0.2, 0.25) is 0 Å². The summed E-state index contributed by atoms with van der Waals surface area (Å²) in [6.07, 6.45) is 2.78. The molecule has 1 aliphatic rings. The molecule has 1 unspecified atom stereocenters. The van der Waals surface area contributed by atoms with E-state index >= 15 is 0 Å². The molecule has 1 aliphatic heterocycles. The van der Waals surface area contributed by atoms with Crippen LogP contribution in [0.25, 0.3) is 0 Å². The van der Waals surface area contributed by atoms with Gasteiger partial charge in [0.15, 0.2) is 0 Å². The Morgan fingerprint density at radius 1 is 1.15 bits per heavy atom. The minimum atomic E-state index is -0.687. The van der Waals surface area contributed by atoms with Gasteiger partial charge in [0.2, 0.25) is 5.95 Å². The monoisotopic (exact) mass is 474 g/mol. The van der Waals surface area contributed by atoms with Crippen molar-refractivity contribution in [2.24, 2.45) is 0 Å². The Balaban J connectivity index is 1.53. The fourth-order valence-corrected chi connectivity index (χ4v) is 3.48. The van der Waals surface area contributed by atoms with Gasteiger partial charge in [0.25, 0.3) is 0 Å². The first-order valence-electron chi connectivity index (χ1n) is 11.1.